The van der Waals surface area contributed by atoms with Gasteiger partial charge in [0, 0.05) is 58.6 Å². The first-order valence-corrected chi connectivity index (χ1v) is 10.2. The molecule has 0 radical (unpaired) electrons. The third-order valence-corrected chi connectivity index (χ3v) is 6.83. The van der Waals surface area contributed by atoms with Crippen molar-refractivity contribution in [3.63, 3.8) is 0 Å². The number of hydrogen-bond acceptors (Lipinski definition) is 6. The van der Waals surface area contributed by atoms with Gasteiger partial charge >= 0.3 is 6.09 Å². The summed E-state index contributed by atoms with van der Waals surface area (Å²) in [7, 11) is 3.72. The maximum Gasteiger partial charge on any atom is 0.410 e. The average molecular weight is 380 g/mol. The van der Waals surface area contributed by atoms with E-state index in [0.717, 1.165) is 39.0 Å². The van der Waals surface area contributed by atoms with Crippen molar-refractivity contribution in [2.45, 2.75) is 18.4 Å². The lowest BCUT2D eigenvalue weighted by atomic mass is 9.91. The van der Waals surface area contributed by atoms with Crippen LogP contribution < -0.4 is 5.32 Å². The second kappa shape index (κ2) is 7.56. The van der Waals surface area contributed by atoms with Crippen LogP contribution >= 0.6 is 0 Å². The number of ether oxygens (including phenoxy) is 2. The third kappa shape index (κ3) is 3.79. The van der Waals surface area contributed by atoms with Crippen molar-refractivity contribution in [3.8, 4) is 0 Å². The molecule has 152 valence electrons. The highest BCUT2D eigenvalue weighted by molar-refractivity contribution is 5.83. The van der Waals surface area contributed by atoms with Crippen LogP contribution in [0.3, 0.4) is 0 Å². The summed E-state index contributed by atoms with van der Waals surface area (Å²) in [6.07, 6.45) is 1.29. The summed E-state index contributed by atoms with van der Waals surface area (Å²) in [5.74, 6) is 1.68. The van der Waals surface area contributed by atoms with Gasteiger partial charge in [-0.05, 0) is 32.0 Å². The number of likely N-dealkylation sites (N-methyl/N-ethyl adjacent to an activating group) is 1. The lowest BCUT2D eigenvalue weighted by Crippen LogP contribution is -2.49. The molecule has 3 heterocycles. The fourth-order valence-corrected chi connectivity index (χ4v) is 4.91. The number of rotatable bonds is 7. The number of methoxy groups -OCH3 is 1. The van der Waals surface area contributed by atoms with E-state index < -0.39 is 5.60 Å². The van der Waals surface area contributed by atoms with Crippen molar-refractivity contribution < 1.29 is 19.1 Å². The average Bonchev–Trinajstić information content (AvgIpc) is 2.98. The molecule has 8 nitrogen and oxygen atoms in total. The molecule has 1 spiro atoms. The molecule has 8 heteroatoms. The fourth-order valence-electron chi connectivity index (χ4n) is 4.91. The van der Waals surface area contributed by atoms with E-state index in [9.17, 15) is 9.59 Å². The first-order valence-electron chi connectivity index (χ1n) is 10.2. The van der Waals surface area contributed by atoms with Gasteiger partial charge in [-0.1, -0.05) is 0 Å². The Balaban J connectivity index is 1.23. The summed E-state index contributed by atoms with van der Waals surface area (Å²) >= 11 is 0. The van der Waals surface area contributed by atoms with E-state index in [4.69, 9.17) is 9.47 Å². The van der Waals surface area contributed by atoms with Crippen LogP contribution in [0.4, 0.5) is 4.79 Å². The van der Waals surface area contributed by atoms with Crippen LogP contribution in [0.2, 0.25) is 0 Å². The monoisotopic (exact) mass is 380 g/mol. The SMILES string of the molecule is COCCN(C)CCN1CC2(CCN(C(=O)C3[C@H]4CNC[C@@H]34)CC2)OC1=O. The zero-order valence-electron chi connectivity index (χ0n) is 16.5. The van der Waals surface area contributed by atoms with E-state index in [1.54, 1.807) is 7.11 Å². The number of piperidine rings is 2. The Kier molecular flexibility index (Phi) is 5.31. The van der Waals surface area contributed by atoms with Crippen LogP contribution in [0, 0.1) is 17.8 Å². The van der Waals surface area contributed by atoms with Crippen LogP contribution in [0.25, 0.3) is 0 Å². The molecular formula is C19H32N4O4. The second-order valence-electron chi connectivity index (χ2n) is 8.61. The third-order valence-electron chi connectivity index (χ3n) is 6.83. The maximum atomic E-state index is 12.7. The molecule has 3 aliphatic heterocycles. The van der Waals surface area contributed by atoms with E-state index in [0.29, 0.717) is 50.5 Å². The number of nitrogens with zero attached hydrogens (tertiary/aromatic N) is 3. The highest BCUT2D eigenvalue weighted by Crippen LogP contribution is 2.50. The molecule has 0 aromatic heterocycles. The Morgan fingerprint density at radius 1 is 1.30 bits per heavy atom. The first-order chi connectivity index (χ1) is 13.0. The summed E-state index contributed by atoms with van der Waals surface area (Å²) in [6.45, 7) is 7.04. The molecule has 0 aromatic rings. The number of nitrogens with one attached hydrogen (secondary N) is 1. The van der Waals surface area contributed by atoms with E-state index in [1.807, 2.05) is 16.8 Å². The molecule has 2 amide bonds. The zero-order chi connectivity index (χ0) is 19.0. The fraction of sp³-hybridized carbons (Fsp3) is 0.895. The Labute approximate surface area is 161 Å². The summed E-state index contributed by atoms with van der Waals surface area (Å²) in [5, 5.41) is 3.35. The molecule has 0 bridgehead atoms. The van der Waals surface area contributed by atoms with E-state index in [-0.39, 0.29) is 12.0 Å². The molecule has 3 atom stereocenters. The number of fused-ring (bicyclic) bond motifs is 1. The minimum atomic E-state index is -0.403. The predicted octanol–water partition coefficient (Wildman–Crippen LogP) is -0.157. The number of likely N-dealkylation sites (tertiary alicyclic amines) is 1. The highest BCUT2D eigenvalue weighted by Gasteiger charge is 2.58. The van der Waals surface area contributed by atoms with Gasteiger partial charge in [-0.2, -0.15) is 0 Å². The van der Waals surface area contributed by atoms with Gasteiger partial charge in [0.15, 0.2) is 0 Å². The summed E-state index contributed by atoms with van der Waals surface area (Å²) in [5.41, 5.74) is -0.403. The number of carbonyl (C=O) groups excluding carboxylic acids is 2. The van der Waals surface area contributed by atoms with Gasteiger partial charge in [0.2, 0.25) is 5.91 Å². The molecule has 4 aliphatic rings. The minimum absolute atomic E-state index is 0.210. The van der Waals surface area contributed by atoms with E-state index in [2.05, 4.69) is 10.2 Å². The molecule has 27 heavy (non-hydrogen) atoms. The topological polar surface area (TPSA) is 74.3 Å². The molecule has 1 aliphatic carbocycles. The zero-order valence-corrected chi connectivity index (χ0v) is 16.5. The Bertz CT molecular complexity index is 568. The van der Waals surface area contributed by atoms with Crippen molar-refractivity contribution in [1.82, 2.24) is 20.0 Å². The molecule has 4 fully saturated rings. The molecule has 1 saturated carbocycles. The van der Waals surface area contributed by atoms with Crippen molar-refractivity contribution in [2.24, 2.45) is 17.8 Å². The number of carbonyl (C=O) groups is 2. The quantitative estimate of drug-likeness (QED) is 0.662. The minimum Gasteiger partial charge on any atom is -0.441 e. The molecular weight excluding hydrogens is 348 g/mol. The molecule has 3 saturated heterocycles. The van der Waals surface area contributed by atoms with Gasteiger partial charge in [0.05, 0.1) is 13.2 Å². The van der Waals surface area contributed by atoms with E-state index >= 15 is 0 Å². The van der Waals surface area contributed by atoms with Gasteiger partial charge in [-0.25, -0.2) is 4.79 Å². The van der Waals surface area contributed by atoms with Gasteiger partial charge in [0.25, 0.3) is 0 Å². The Morgan fingerprint density at radius 3 is 2.67 bits per heavy atom. The van der Waals surface area contributed by atoms with Crippen molar-refractivity contribution in [3.05, 3.63) is 0 Å². The Hall–Kier alpha value is -1.38. The number of amides is 2. The summed E-state index contributed by atoms with van der Waals surface area (Å²) in [6, 6.07) is 0. The van der Waals surface area contributed by atoms with Crippen LogP contribution in [0.1, 0.15) is 12.8 Å². The van der Waals surface area contributed by atoms with Gasteiger partial charge < -0.3 is 29.5 Å². The van der Waals surface area contributed by atoms with Gasteiger partial charge in [0.1, 0.15) is 5.60 Å². The number of hydrogen-bond donors (Lipinski definition) is 1. The Morgan fingerprint density at radius 2 is 2.00 bits per heavy atom. The van der Waals surface area contributed by atoms with Crippen LogP contribution in [-0.4, -0.2) is 105 Å². The molecule has 1 N–H and O–H groups in total. The lowest BCUT2D eigenvalue weighted by Gasteiger charge is -2.37. The first kappa shape index (κ1) is 19.0. The molecule has 4 rings (SSSR count). The predicted molar refractivity (Wildman–Crippen MR) is 99.3 cm³/mol. The molecule has 1 unspecified atom stereocenters. The summed E-state index contributed by atoms with van der Waals surface area (Å²) in [4.78, 5) is 31.0. The van der Waals surface area contributed by atoms with E-state index in [1.165, 1.54) is 0 Å². The van der Waals surface area contributed by atoms with Crippen molar-refractivity contribution in [2.75, 3.05) is 73.1 Å². The highest BCUT2D eigenvalue weighted by atomic mass is 16.6. The largest absolute Gasteiger partial charge is 0.441 e. The maximum absolute atomic E-state index is 12.7. The second-order valence-corrected chi connectivity index (χ2v) is 8.61. The van der Waals surface area contributed by atoms with Crippen molar-refractivity contribution in [1.29, 1.82) is 0 Å². The summed E-state index contributed by atoms with van der Waals surface area (Å²) < 4.78 is 10.9. The van der Waals surface area contributed by atoms with Gasteiger partial charge in [-0.15, -0.1) is 0 Å². The standard InChI is InChI=1S/C19H32N4O4/c1-21(9-10-26-2)7-8-23-13-19(27-18(23)25)3-5-22(6-4-19)17(24)16-14-11-20-12-15(14)16/h14-16,20H,3-13H2,1-2H3/t14-,15+,16?. The van der Waals surface area contributed by atoms with Crippen LogP contribution in [0.5, 0.6) is 0 Å². The van der Waals surface area contributed by atoms with Crippen molar-refractivity contribution >= 4 is 12.0 Å². The smallest absolute Gasteiger partial charge is 0.410 e. The van der Waals surface area contributed by atoms with Crippen LogP contribution in [0.15, 0.2) is 0 Å². The normalized spacial score (nSPS) is 31.5. The van der Waals surface area contributed by atoms with Crippen LogP contribution in [-0.2, 0) is 14.3 Å². The molecule has 0 aromatic carbocycles. The lowest BCUT2D eigenvalue weighted by molar-refractivity contribution is -0.136. The van der Waals surface area contributed by atoms with Gasteiger partial charge in [-0.3, -0.25) is 4.79 Å².